The molecule has 7 nitrogen and oxygen atoms in total. The van der Waals surface area contributed by atoms with E-state index in [1.54, 1.807) is 27.8 Å². The topological polar surface area (TPSA) is 74.0 Å². The molecular formula is C21H26ClN5O2. The largest absolute Gasteiger partial charge is 0.471 e. The van der Waals surface area contributed by atoms with Crippen molar-refractivity contribution >= 4 is 17.5 Å². The fraction of sp³-hybridized carbons (Fsp3) is 0.381. The highest BCUT2D eigenvalue weighted by Crippen LogP contribution is 2.18. The first-order valence-electron chi connectivity index (χ1n) is 9.66. The van der Waals surface area contributed by atoms with Crippen molar-refractivity contribution in [1.82, 2.24) is 24.9 Å². The standard InChI is InChI=1S/C21H26ClN5O2/c1-15(2)17-5-7-18(8-6-17)29-14-27-12-9-20(25-27)21(28)23-10-4-11-26-13-19(22)16(3)24-26/h5-9,12-13,15H,4,10-11,14H2,1-3H3,(H,23,28). The van der Waals surface area contributed by atoms with E-state index in [1.165, 1.54) is 5.56 Å². The second kappa shape index (κ2) is 9.60. The van der Waals surface area contributed by atoms with E-state index in [4.69, 9.17) is 16.3 Å². The Hall–Kier alpha value is -2.80. The molecule has 154 valence electrons. The van der Waals surface area contributed by atoms with Gasteiger partial charge in [0.15, 0.2) is 6.73 Å². The first-order chi connectivity index (χ1) is 13.9. The minimum Gasteiger partial charge on any atom is -0.471 e. The van der Waals surface area contributed by atoms with E-state index < -0.39 is 0 Å². The number of aryl methyl sites for hydroxylation is 2. The van der Waals surface area contributed by atoms with E-state index in [0.717, 1.165) is 17.9 Å². The monoisotopic (exact) mass is 415 g/mol. The molecule has 0 saturated carbocycles. The van der Waals surface area contributed by atoms with Crippen LogP contribution in [0.2, 0.25) is 5.02 Å². The molecule has 0 fully saturated rings. The summed E-state index contributed by atoms with van der Waals surface area (Å²) in [6.07, 6.45) is 4.27. The SMILES string of the molecule is Cc1nn(CCCNC(=O)c2ccn(COc3ccc(C(C)C)cc3)n2)cc1Cl. The molecule has 0 aliphatic rings. The zero-order chi connectivity index (χ0) is 20.8. The van der Waals surface area contributed by atoms with Crippen LogP contribution in [0.1, 0.15) is 47.9 Å². The summed E-state index contributed by atoms with van der Waals surface area (Å²) >= 11 is 5.99. The van der Waals surface area contributed by atoms with Crippen molar-refractivity contribution in [2.45, 2.75) is 46.4 Å². The van der Waals surface area contributed by atoms with Crippen LogP contribution in [0.4, 0.5) is 0 Å². The molecule has 29 heavy (non-hydrogen) atoms. The Morgan fingerprint density at radius 3 is 2.59 bits per heavy atom. The quantitative estimate of drug-likeness (QED) is 0.535. The van der Waals surface area contributed by atoms with E-state index in [0.29, 0.717) is 29.7 Å². The van der Waals surface area contributed by atoms with Gasteiger partial charge < -0.3 is 10.1 Å². The van der Waals surface area contributed by atoms with Gasteiger partial charge in [-0.1, -0.05) is 37.6 Å². The summed E-state index contributed by atoms with van der Waals surface area (Å²) in [7, 11) is 0. The van der Waals surface area contributed by atoms with Gasteiger partial charge in [0.05, 0.1) is 10.7 Å². The number of aromatic nitrogens is 4. The molecule has 0 unspecified atom stereocenters. The maximum absolute atomic E-state index is 12.2. The Morgan fingerprint density at radius 2 is 1.93 bits per heavy atom. The average molecular weight is 416 g/mol. The number of nitrogens with zero attached hydrogens (tertiary/aromatic N) is 4. The Kier molecular flexibility index (Phi) is 6.93. The summed E-state index contributed by atoms with van der Waals surface area (Å²) in [6, 6.07) is 9.68. The van der Waals surface area contributed by atoms with Crippen LogP contribution in [0, 0.1) is 6.92 Å². The van der Waals surface area contributed by atoms with Crippen molar-refractivity contribution in [2.75, 3.05) is 6.54 Å². The first-order valence-corrected chi connectivity index (χ1v) is 10.0. The van der Waals surface area contributed by atoms with E-state index in [1.807, 2.05) is 19.1 Å². The van der Waals surface area contributed by atoms with E-state index in [9.17, 15) is 4.79 Å². The molecule has 0 spiro atoms. The molecule has 1 amide bonds. The third-order valence-corrected chi connectivity index (χ3v) is 4.89. The molecule has 0 aliphatic heterocycles. The van der Waals surface area contributed by atoms with Gasteiger partial charge in [-0.3, -0.25) is 9.48 Å². The molecule has 0 radical (unpaired) electrons. The van der Waals surface area contributed by atoms with Gasteiger partial charge in [-0.15, -0.1) is 0 Å². The fourth-order valence-electron chi connectivity index (χ4n) is 2.79. The Labute approximate surface area is 175 Å². The van der Waals surface area contributed by atoms with Gasteiger partial charge >= 0.3 is 0 Å². The Balaban J connectivity index is 1.42. The van der Waals surface area contributed by atoms with E-state index in [-0.39, 0.29) is 12.6 Å². The third kappa shape index (κ3) is 5.84. The summed E-state index contributed by atoms with van der Waals surface area (Å²) in [4.78, 5) is 12.2. The van der Waals surface area contributed by atoms with Crippen molar-refractivity contribution in [1.29, 1.82) is 0 Å². The van der Waals surface area contributed by atoms with Gasteiger partial charge in [0.2, 0.25) is 0 Å². The number of nitrogens with one attached hydrogen (secondary N) is 1. The van der Waals surface area contributed by atoms with E-state index >= 15 is 0 Å². The summed E-state index contributed by atoms with van der Waals surface area (Å²) in [5.74, 6) is 1.04. The number of benzene rings is 1. The summed E-state index contributed by atoms with van der Waals surface area (Å²) in [5.41, 5.74) is 2.43. The number of halogens is 1. The van der Waals surface area contributed by atoms with Gasteiger partial charge in [-0.2, -0.15) is 10.2 Å². The van der Waals surface area contributed by atoms with Crippen molar-refractivity contribution in [3.63, 3.8) is 0 Å². The molecule has 1 aromatic carbocycles. The van der Waals surface area contributed by atoms with Crippen molar-refractivity contribution < 1.29 is 9.53 Å². The van der Waals surface area contributed by atoms with Crippen molar-refractivity contribution in [3.05, 3.63) is 64.7 Å². The smallest absolute Gasteiger partial charge is 0.271 e. The second-order valence-corrected chi connectivity index (χ2v) is 7.58. The first kappa shape index (κ1) is 20.9. The minimum absolute atomic E-state index is 0.209. The van der Waals surface area contributed by atoms with Gasteiger partial charge in [0, 0.05) is 25.5 Å². The molecule has 3 rings (SSSR count). The predicted octanol–water partition coefficient (Wildman–Crippen LogP) is 4.02. The maximum Gasteiger partial charge on any atom is 0.271 e. The maximum atomic E-state index is 12.2. The Bertz CT molecular complexity index is 927. The molecule has 0 aliphatic carbocycles. The highest BCUT2D eigenvalue weighted by Gasteiger charge is 2.09. The van der Waals surface area contributed by atoms with Crippen LogP contribution in [0.15, 0.2) is 42.7 Å². The summed E-state index contributed by atoms with van der Waals surface area (Å²) in [6.45, 7) is 7.63. The summed E-state index contributed by atoms with van der Waals surface area (Å²) < 4.78 is 9.11. The number of ether oxygens (including phenoxy) is 1. The van der Waals surface area contributed by atoms with Crippen LogP contribution in [0.3, 0.4) is 0 Å². The van der Waals surface area contributed by atoms with Crippen molar-refractivity contribution in [3.8, 4) is 5.75 Å². The number of carbonyl (C=O) groups excluding carboxylic acids is 1. The molecule has 1 N–H and O–H groups in total. The molecule has 0 saturated heterocycles. The van der Waals surface area contributed by atoms with Crippen LogP contribution in [0.5, 0.6) is 5.75 Å². The molecule has 0 atom stereocenters. The number of hydrogen-bond donors (Lipinski definition) is 1. The van der Waals surface area contributed by atoms with Crippen LogP contribution in [-0.2, 0) is 13.3 Å². The second-order valence-electron chi connectivity index (χ2n) is 7.17. The predicted molar refractivity (Wildman–Crippen MR) is 112 cm³/mol. The minimum atomic E-state index is -0.209. The zero-order valence-corrected chi connectivity index (χ0v) is 17.7. The van der Waals surface area contributed by atoms with E-state index in [2.05, 4.69) is 41.5 Å². The lowest BCUT2D eigenvalue weighted by molar-refractivity contribution is 0.0945. The van der Waals surface area contributed by atoms with Gasteiger partial charge in [0.25, 0.3) is 5.91 Å². The molecule has 3 aromatic rings. The fourth-order valence-corrected chi connectivity index (χ4v) is 2.94. The number of amides is 1. The molecular weight excluding hydrogens is 390 g/mol. The van der Waals surface area contributed by atoms with Gasteiger partial charge in [0.1, 0.15) is 11.4 Å². The highest BCUT2D eigenvalue weighted by molar-refractivity contribution is 6.31. The lowest BCUT2D eigenvalue weighted by Gasteiger charge is -2.09. The van der Waals surface area contributed by atoms with Gasteiger partial charge in [-0.05, 0) is 43.0 Å². The normalized spacial score (nSPS) is 11.1. The van der Waals surface area contributed by atoms with Crippen LogP contribution in [-0.4, -0.2) is 32.0 Å². The molecule has 0 bridgehead atoms. The van der Waals surface area contributed by atoms with Crippen LogP contribution in [0.25, 0.3) is 0 Å². The van der Waals surface area contributed by atoms with Crippen LogP contribution < -0.4 is 10.1 Å². The lowest BCUT2D eigenvalue weighted by atomic mass is 10.0. The average Bonchev–Trinajstić information content (AvgIpc) is 3.30. The molecule has 8 heteroatoms. The number of rotatable bonds is 9. The number of carbonyl (C=O) groups is 1. The molecule has 2 aromatic heterocycles. The third-order valence-electron chi connectivity index (χ3n) is 4.52. The lowest BCUT2D eigenvalue weighted by Crippen LogP contribution is -2.26. The summed E-state index contributed by atoms with van der Waals surface area (Å²) in [5, 5.41) is 12.1. The highest BCUT2D eigenvalue weighted by atomic mass is 35.5. The molecule has 2 heterocycles. The number of hydrogen-bond acceptors (Lipinski definition) is 4. The Morgan fingerprint density at radius 1 is 1.17 bits per heavy atom. The van der Waals surface area contributed by atoms with Crippen LogP contribution >= 0.6 is 11.6 Å². The zero-order valence-electron chi connectivity index (χ0n) is 16.9. The van der Waals surface area contributed by atoms with Gasteiger partial charge in [-0.25, -0.2) is 4.68 Å². The van der Waals surface area contributed by atoms with Crippen molar-refractivity contribution in [2.24, 2.45) is 0 Å².